The molecular formula is C16H23NO3. The van der Waals surface area contributed by atoms with Gasteiger partial charge in [0.15, 0.2) is 0 Å². The molecule has 0 aliphatic carbocycles. The molecule has 0 heterocycles. The van der Waals surface area contributed by atoms with Crippen LogP contribution in [0.15, 0.2) is 24.3 Å². The van der Waals surface area contributed by atoms with Crippen molar-refractivity contribution in [3.8, 4) is 0 Å². The van der Waals surface area contributed by atoms with E-state index in [4.69, 9.17) is 4.74 Å². The van der Waals surface area contributed by atoms with E-state index in [1.807, 2.05) is 31.2 Å². The van der Waals surface area contributed by atoms with Gasteiger partial charge in [0, 0.05) is 5.69 Å². The molecule has 0 fully saturated rings. The molecule has 4 nitrogen and oxygen atoms in total. The Kier molecular flexibility index (Phi) is 5.31. The molecule has 0 aliphatic rings. The Morgan fingerprint density at radius 2 is 2.05 bits per heavy atom. The monoisotopic (exact) mass is 277 g/mol. The number of hydrogen-bond acceptors (Lipinski definition) is 3. The fraction of sp³-hybridized carbons (Fsp3) is 0.500. The summed E-state index contributed by atoms with van der Waals surface area (Å²) in [7, 11) is 0. The zero-order chi connectivity index (χ0) is 15.3. The number of amides is 1. The average molecular weight is 277 g/mol. The Morgan fingerprint density at radius 3 is 2.55 bits per heavy atom. The van der Waals surface area contributed by atoms with Crippen molar-refractivity contribution in [2.45, 2.75) is 52.7 Å². The lowest BCUT2D eigenvalue weighted by Gasteiger charge is -2.29. The van der Waals surface area contributed by atoms with Crippen molar-refractivity contribution in [3.63, 3.8) is 0 Å². The first kappa shape index (κ1) is 16.2. The molecule has 0 bridgehead atoms. The number of hydrogen-bond donors (Lipinski definition) is 0. The first-order chi connectivity index (χ1) is 9.28. The van der Waals surface area contributed by atoms with Crippen LogP contribution in [0.3, 0.4) is 0 Å². The molecule has 0 radical (unpaired) electrons. The SMILES string of the molecule is CCc1cccc(N(C(=O)OC(C)(C)C)[C@@H](C)C=O)c1. The molecule has 1 aromatic carbocycles. The second-order valence-corrected chi connectivity index (χ2v) is 5.75. The van der Waals surface area contributed by atoms with E-state index < -0.39 is 17.7 Å². The number of carbonyl (C=O) groups is 2. The largest absolute Gasteiger partial charge is 0.443 e. The second kappa shape index (κ2) is 6.55. The van der Waals surface area contributed by atoms with Gasteiger partial charge >= 0.3 is 6.09 Å². The highest BCUT2D eigenvalue weighted by Gasteiger charge is 2.27. The predicted molar refractivity (Wildman–Crippen MR) is 80.1 cm³/mol. The molecule has 0 spiro atoms. The minimum absolute atomic E-state index is 0.509. The van der Waals surface area contributed by atoms with Crippen LogP contribution in [0.2, 0.25) is 0 Å². The van der Waals surface area contributed by atoms with E-state index in [9.17, 15) is 9.59 Å². The van der Waals surface area contributed by atoms with Gasteiger partial charge in [0.05, 0.1) is 6.04 Å². The Balaban J connectivity index is 3.11. The second-order valence-electron chi connectivity index (χ2n) is 5.75. The summed E-state index contributed by atoms with van der Waals surface area (Å²) in [6, 6.07) is 7.01. The van der Waals surface area contributed by atoms with Crippen LogP contribution in [0.25, 0.3) is 0 Å². The van der Waals surface area contributed by atoms with Crippen molar-refractivity contribution in [2.24, 2.45) is 0 Å². The van der Waals surface area contributed by atoms with Crippen molar-refractivity contribution < 1.29 is 14.3 Å². The van der Waals surface area contributed by atoms with E-state index in [1.54, 1.807) is 27.7 Å². The minimum atomic E-state index is -0.597. The summed E-state index contributed by atoms with van der Waals surface area (Å²) in [6.07, 6.45) is 1.10. The van der Waals surface area contributed by atoms with Crippen molar-refractivity contribution in [1.82, 2.24) is 0 Å². The first-order valence-electron chi connectivity index (χ1n) is 6.85. The average Bonchev–Trinajstić information content (AvgIpc) is 2.36. The van der Waals surface area contributed by atoms with Crippen molar-refractivity contribution in [3.05, 3.63) is 29.8 Å². The summed E-state index contributed by atoms with van der Waals surface area (Å²) >= 11 is 0. The molecule has 0 unspecified atom stereocenters. The maximum absolute atomic E-state index is 12.3. The Morgan fingerprint density at radius 1 is 1.40 bits per heavy atom. The number of aldehydes is 1. The van der Waals surface area contributed by atoms with Crippen LogP contribution < -0.4 is 4.90 Å². The Bertz CT molecular complexity index is 477. The third-order valence-electron chi connectivity index (χ3n) is 2.79. The van der Waals surface area contributed by atoms with Crippen LogP contribution in [0, 0.1) is 0 Å². The van der Waals surface area contributed by atoms with Gasteiger partial charge in [-0.25, -0.2) is 4.79 Å². The third kappa shape index (κ3) is 4.37. The molecule has 20 heavy (non-hydrogen) atoms. The van der Waals surface area contributed by atoms with Crippen LogP contribution in [0.5, 0.6) is 0 Å². The van der Waals surface area contributed by atoms with E-state index in [-0.39, 0.29) is 0 Å². The molecule has 4 heteroatoms. The van der Waals surface area contributed by atoms with Crippen LogP contribution in [-0.2, 0) is 16.0 Å². The molecule has 1 amide bonds. The number of ether oxygens (including phenoxy) is 1. The summed E-state index contributed by atoms with van der Waals surface area (Å²) in [5.74, 6) is 0. The molecule has 1 aromatic rings. The fourth-order valence-corrected chi connectivity index (χ4v) is 1.81. The maximum atomic E-state index is 12.3. The van der Waals surface area contributed by atoms with Crippen LogP contribution >= 0.6 is 0 Å². The van der Waals surface area contributed by atoms with E-state index >= 15 is 0 Å². The lowest BCUT2D eigenvalue weighted by atomic mass is 10.1. The summed E-state index contributed by atoms with van der Waals surface area (Å²) in [4.78, 5) is 24.8. The number of carbonyl (C=O) groups excluding carboxylic acids is 2. The number of nitrogens with zero attached hydrogens (tertiary/aromatic N) is 1. The van der Waals surface area contributed by atoms with Gasteiger partial charge in [0.2, 0.25) is 0 Å². The molecule has 0 saturated heterocycles. The zero-order valence-electron chi connectivity index (χ0n) is 12.8. The first-order valence-corrected chi connectivity index (χ1v) is 6.85. The van der Waals surface area contributed by atoms with E-state index in [0.717, 1.165) is 18.3 Å². The van der Waals surface area contributed by atoms with Gasteiger partial charge < -0.3 is 9.53 Å². The van der Waals surface area contributed by atoms with Gasteiger partial charge in [-0.05, 0) is 51.8 Å². The molecule has 0 saturated carbocycles. The van der Waals surface area contributed by atoms with E-state index in [1.165, 1.54) is 4.90 Å². The van der Waals surface area contributed by atoms with Gasteiger partial charge in [-0.15, -0.1) is 0 Å². The van der Waals surface area contributed by atoms with Crippen molar-refractivity contribution in [2.75, 3.05) is 4.90 Å². The lowest BCUT2D eigenvalue weighted by molar-refractivity contribution is -0.108. The molecule has 0 aliphatic heterocycles. The highest BCUT2D eigenvalue weighted by Crippen LogP contribution is 2.22. The highest BCUT2D eigenvalue weighted by molar-refractivity contribution is 5.92. The fourth-order valence-electron chi connectivity index (χ4n) is 1.81. The molecular weight excluding hydrogens is 254 g/mol. The molecule has 0 N–H and O–H groups in total. The van der Waals surface area contributed by atoms with Gasteiger partial charge in [-0.1, -0.05) is 19.1 Å². The van der Waals surface area contributed by atoms with E-state index in [0.29, 0.717) is 5.69 Å². The summed E-state index contributed by atoms with van der Waals surface area (Å²) in [5, 5.41) is 0. The summed E-state index contributed by atoms with van der Waals surface area (Å²) in [6.45, 7) is 9.13. The Hall–Kier alpha value is -1.84. The predicted octanol–water partition coefficient (Wildman–Crippen LogP) is 3.58. The normalized spacial score (nSPS) is 12.7. The summed E-state index contributed by atoms with van der Waals surface area (Å²) in [5.41, 5.74) is 1.19. The standard InChI is InChI=1S/C16H23NO3/c1-6-13-8-7-9-14(10-13)17(12(2)11-18)15(19)20-16(3,4)5/h7-12H,6H2,1-5H3/t12-/m0/s1. The lowest BCUT2D eigenvalue weighted by Crippen LogP contribution is -2.43. The Labute approximate surface area is 120 Å². The van der Waals surface area contributed by atoms with Crippen LogP contribution in [-0.4, -0.2) is 24.0 Å². The molecule has 0 aromatic heterocycles. The van der Waals surface area contributed by atoms with Crippen LogP contribution in [0.1, 0.15) is 40.2 Å². The van der Waals surface area contributed by atoms with E-state index in [2.05, 4.69) is 0 Å². The third-order valence-corrected chi connectivity index (χ3v) is 2.79. The topological polar surface area (TPSA) is 46.6 Å². The maximum Gasteiger partial charge on any atom is 0.415 e. The van der Waals surface area contributed by atoms with Gasteiger partial charge in [0.1, 0.15) is 11.9 Å². The van der Waals surface area contributed by atoms with Crippen molar-refractivity contribution >= 4 is 18.1 Å². The minimum Gasteiger partial charge on any atom is -0.443 e. The quantitative estimate of drug-likeness (QED) is 0.790. The highest BCUT2D eigenvalue weighted by atomic mass is 16.6. The number of rotatable bonds is 4. The van der Waals surface area contributed by atoms with Crippen LogP contribution in [0.4, 0.5) is 10.5 Å². The molecule has 110 valence electrons. The molecule has 1 rings (SSSR count). The van der Waals surface area contributed by atoms with Gasteiger partial charge in [-0.3, -0.25) is 4.90 Å². The smallest absolute Gasteiger partial charge is 0.415 e. The van der Waals surface area contributed by atoms with Gasteiger partial charge in [0.25, 0.3) is 0 Å². The number of anilines is 1. The summed E-state index contributed by atoms with van der Waals surface area (Å²) < 4.78 is 5.38. The molecule has 1 atom stereocenters. The zero-order valence-corrected chi connectivity index (χ0v) is 12.8. The number of benzene rings is 1. The van der Waals surface area contributed by atoms with Gasteiger partial charge in [-0.2, -0.15) is 0 Å². The van der Waals surface area contributed by atoms with Crippen molar-refractivity contribution in [1.29, 1.82) is 0 Å². The number of aryl methyl sites for hydroxylation is 1.